The third kappa shape index (κ3) is 3.27. The number of rotatable bonds is 4. The van der Waals surface area contributed by atoms with E-state index < -0.39 is 0 Å². The second-order valence-electron chi connectivity index (χ2n) is 3.09. The number of hydrogen-bond acceptors (Lipinski definition) is 7. The second-order valence-corrected chi connectivity index (χ2v) is 4.29. The molecule has 0 amide bonds. The van der Waals surface area contributed by atoms with Crippen molar-refractivity contribution < 1.29 is 9.15 Å². The van der Waals surface area contributed by atoms with Crippen molar-refractivity contribution in [3.8, 4) is 5.88 Å². The van der Waals surface area contributed by atoms with Gasteiger partial charge < -0.3 is 9.15 Å². The van der Waals surface area contributed by atoms with Crippen molar-refractivity contribution >= 4 is 24.0 Å². The van der Waals surface area contributed by atoms with Gasteiger partial charge in [-0.05, 0) is 25.4 Å². The number of aromatic nitrogens is 4. The van der Waals surface area contributed by atoms with Gasteiger partial charge in [0.05, 0.1) is 0 Å². The first-order valence-electron chi connectivity index (χ1n) is 4.74. The van der Waals surface area contributed by atoms with Gasteiger partial charge >= 0.3 is 0 Å². The smallest absolute Gasteiger partial charge is 0.284 e. The average Bonchev–Trinajstić information content (AvgIpc) is 2.72. The Bertz CT molecular complexity index is 566. The molecule has 90 valence electrons. The van der Waals surface area contributed by atoms with Crippen LogP contribution in [0.5, 0.6) is 5.88 Å². The van der Waals surface area contributed by atoms with Crippen molar-refractivity contribution in [1.29, 1.82) is 0 Å². The molecule has 0 unspecified atom stereocenters. The maximum atomic E-state index is 5.44. The summed E-state index contributed by atoms with van der Waals surface area (Å²) in [5, 5.41) is 7.20. The van der Waals surface area contributed by atoms with Gasteiger partial charge in [-0.1, -0.05) is 0 Å². The largest absolute Gasteiger partial charge is 0.467 e. The van der Waals surface area contributed by atoms with Crippen LogP contribution in [0, 0.1) is 11.8 Å². The third-order valence-corrected chi connectivity index (χ3v) is 2.63. The van der Waals surface area contributed by atoms with E-state index in [0.29, 0.717) is 17.6 Å². The molecule has 8 heteroatoms. The number of nitrogens with zero attached hydrogens (tertiary/aromatic N) is 3. The lowest BCUT2D eigenvalue weighted by Crippen LogP contribution is -2.00. The molecule has 0 saturated heterocycles. The Morgan fingerprint density at radius 1 is 1.53 bits per heavy atom. The summed E-state index contributed by atoms with van der Waals surface area (Å²) in [7, 11) is 0. The van der Waals surface area contributed by atoms with E-state index in [1.165, 1.54) is 11.8 Å². The molecule has 0 radical (unpaired) electrons. The van der Waals surface area contributed by atoms with Crippen LogP contribution in [-0.2, 0) is 6.61 Å². The summed E-state index contributed by atoms with van der Waals surface area (Å²) in [6, 6.07) is 1.76. The van der Waals surface area contributed by atoms with Crippen LogP contribution in [0.1, 0.15) is 11.7 Å². The Morgan fingerprint density at radius 2 is 2.35 bits per heavy atom. The van der Waals surface area contributed by atoms with Gasteiger partial charge in [0.25, 0.3) is 10.7 Å². The van der Waals surface area contributed by atoms with E-state index in [4.69, 9.17) is 21.4 Å². The highest BCUT2D eigenvalue weighted by molar-refractivity contribution is 7.98. The Hall–Kier alpha value is -1.41. The number of ether oxygens (including phenoxy) is 1. The third-order valence-electron chi connectivity index (χ3n) is 1.83. The molecule has 0 bridgehead atoms. The fourth-order valence-corrected chi connectivity index (χ4v) is 1.73. The van der Waals surface area contributed by atoms with Crippen molar-refractivity contribution in [2.24, 2.45) is 0 Å². The second kappa shape index (κ2) is 5.28. The molecular formula is C9H10N4O2S2. The summed E-state index contributed by atoms with van der Waals surface area (Å²) in [6.07, 6.45) is 1.94. The van der Waals surface area contributed by atoms with E-state index in [1.807, 2.05) is 13.2 Å². The van der Waals surface area contributed by atoms with E-state index in [0.717, 1.165) is 5.03 Å². The van der Waals surface area contributed by atoms with Gasteiger partial charge in [0.2, 0.25) is 5.88 Å². The highest BCUT2D eigenvalue weighted by Crippen LogP contribution is 2.17. The number of aryl methyl sites for hydroxylation is 1. The first kappa shape index (κ1) is 12.1. The zero-order chi connectivity index (χ0) is 12.3. The van der Waals surface area contributed by atoms with Crippen LogP contribution in [0.25, 0.3) is 0 Å². The average molecular weight is 270 g/mol. The minimum atomic E-state index is 0.178. The number of aromatic amines is 1. The Labute approximate surface area is 107 Å². The molecule has 17 heavy (non-hydrogen) atoms. The molecule has 6 nitrogen and oxygen atoms in total. The van der Waals surface area contributed by atoms with Crippen LogP contribution in [0.15, 0.2) is 15.5 Å². The summed E-state index contributed by atoms with van der Waals surface area (Å²) < 4.78 is 10.5. The summed E-state index contributed by atoms with van der Waals surface area (Å²) in [4.78, 5) is 8.60. The number of nitrogens with one attached hydrogen (secondary N) is 1. The first-order valence-corrected chi connectivity index (χ1v) is 6.37. The molecule has 0 aliphatic rings. The molecule has 2 aromatic rings. The first-order chi connectivity index (χ1) is 8.17. The van der Waals surface area contributed by atoms with Gasteiger partial charge in [-0.2, -0.15) is 4.98 Å². The lowest BCUT2D eigenvalue weighted by atomic mass is 10.5. The fourth-order valence-electron chi connectivity index (χ4n) is 1.15. The van der Waals surface area contributed by atoms with E-state index in [-0.39, 0.29) is 11.4 Å². The molecule has 0 fully saturated rings. The summed E-state index contributed by atoms with van der Waals surface area (Å²) >= 11 is 6.28. The molecule has 0 aliphatic carbocycles. The zero-order valence-corrected chi connectivity index (χ0v) is 10.9. The number of hydrogen-bond donors (Lipinski definition) is 1. The molecule has 1 N–H and O–H groups in total. The molecule has 0 atom stereocenters. The van der Waals surface area contributed by atoms with Gasteiger partial charge in [-0.15, -0.1) is 16.9 Å². The van der Waals surface area contributed by atoms with Crippen molar-refractivity contribution in [1.82, 2.24) is 20.2 Å². The zero-order valence-electron chi connectivity index (χ0n) is 9.26. The van der Waals surface area contributed by atoms with Crippen molar-refractivity contribution in [2.75, 3.05) is 6.26 Å². The van der Waals surface area contributed by atoms with Gasteiger partial charge in [-0.3, -0.25) is 0 Å². The van der Waals surface area contributed by atoms with Gasteiger partial charge in [0, 0.05) is 6.07 Å². The van der Waals surface area contributed by atoms with Gasteiger partial charge in [0.15, 0.2) is 6.61 Å². The molecule has 2 aromatic heterocycles. The van der Waals surface area contributed by atoms with Crippen molar-refractivity contribution in [3.63, 3.8) is 0 Å². The lowest BCUT2D eigenvalue weighted by molar-refractivity contribution is 0.250. The van der Waals surface area contributed by atoms with Crippen LogP contribution in [0.4, 0.5) is 0 Å². The van der Waals surface area contributed by atoms with Crippen LogP contribution in [0.2, 0.25) is 0 Å². The minimum Gasteiger partial charge on any atom is -0.467 e. The normalized spacial score (nSPS) is 10.5. The van der Waals surface area contributed by atoms with Crippen LogP contribution in [0.3, 0.4) is 0 Å². The van der Waals surface area contributed by atoms with Crippen molar-refractivity contribution in [2.45, 2.75) is 18.6 Å². The highest BCUT2D eigenvalue weighted by atomic mass is 32.2. The standard InChI is InChI=1S/C9H10N4O2S2/c1-5-10-6(3-8(11-5)17-2)14-4-7-12-13-9(16)15-7/h3H,4H2,1-2H3,(H,13,16). The van der Waals surface area contributed by atoms with Gasteiger partial charge in [-0.25, -0.2) is 10.1 Å². The lowest BCUT2D eigenvalue weighted by Gasteiger charge is -2.04. The predicted octanol–water partition coefficient (Wildman–Crippen LogP) is 2.13. The topological polar surface area (TPSA) is 76.8 Å². The maximum Gasteiger partial charge on any atom is 0.284 e. The predicted molar refractivity (Wildman–Crippen MR) is 64.6 cm³/mol. The van der Waals surface area contributed by atoms with Crippen LogP contribution >= 0.6 is 24.0 Å². The Kier molecular flexibility index (Phi) is 3.75. The number of thioether (sulfide) groups is 1. The molecular weight excluding hydrogens is 260 g/mol. The van der Waals surface area contributed by atoms with E-state index >= 15 is 0 Å². The fraction of sp³-hybridized carbons (Fsp3) is 0.333. The minimum absolute atomic E-state index is 0.178. The van der Waals surface area contributed by atoms with E-state index in [2.05, 4.69) is 20.2 Å². The van der Waals surface area contributed by atoms with Crippen LogP contribution < -0.4 is 4.74 Å². The molecule has 0 aromatic carbocycles. The summed E-state index contributed by atoms with van der Waals surface area (Å²) in [6.45, 7) is 1.99. The molecule has 0 aliphatic heterocycles. The van der Waals surface area contributed by atoms with Gasteiger partial charge in [0.1, 0.15) is 10.9 Å². The molecule has 0 spiro atoms. The Balaban J connectivity index is 2.08. The summed E-state index contributed by atoms with van der Waals surface area (Å²) in [5.41, 5.74) is 0. The SMILES string of the molecule is CSc1cc(OCc2n[nH]c(=S)o2)nc(C)n1. The molecule has 0 saturated carbocycles. The summed E-state index contributed by atoms with van der Waals surface area (Å²) in [5.74, 6) is 1.54. The highest BCUT2D eigenvalue weighted by Gasteiger charge is 2.05. The molecule has 2 rings (SSSR count). The number of H-pyrrole nitrogens is 1. The van der Waals surface area contributed by atoms with E-state index in [1.54, 1.807) is 6.07 Å². The van der Waals surface area contributed by atoms with Crippen LogP contribution in [-0.4, -0.2) is 26.4 Å². The maximum absolute atomic E-state index is 5.44. The monoisotopic (exact) mass is 270 g/mol. The van der Waals surface area contributed by atoms with E-state index in [9.17, 15) is 0 Å². The molecule has 2 heterocycles. The van der Waals surface area contributed by atoms with Crippen molar-refractivity contribution in [3.05, 3.63) is 22.6 Å². The Morgan fingerprint density at radius 3 is 3.00 bits per heavy atom. The quantitative estimate of drug-likeness (QED) is 0.518.